The van der Waals surface area contributed by atoms with Crippen LogP contribution in [-0.4, -0.2) is 6.67 Å². The molecule has 1 nitrogen and oxygen atoms in total. The van der Waals surface area contributed by atoms with Gasteiger partial charge in [-0.3, -0.25) is 4.39 Å². The lowest BCUT2D eigenvalue weighted by atomic mass is 10.1. The van der Waals surface area contributed by atoms with Gasteiger partial charge >= 0.3 is 0 Å². The topological polar surface area (TPSA) is 26.0 Å². The molecule has 5 heteroatoms. The summed E-state index contributed by atoms with van der Waals surface area (Å²) < 4.78 is 12.0. The van der Waals surface area contributed by atoms with Gasteiger partial charge in [-0.25, -0.2) is 0 Å². The summed E-state index contributed by atoms with van der Waals surface area (Å²) in [5.41, 5.74) is 6.39. The highest BCUT2D eigenvalue weighted by atomic mass is 35.5. The standard InChI is InChI=1S/C9H10Cl2FN.ClH/c10-7-3-1-2-6(9(7)11)8(13)4-5-12;/h1-3,8H,4-5,13H2;1H/t8-;/m0./s1. The van der Waals surface area contributed by atoms with Crippen molar-refractivity contribution in [1.82, 2.24) is 0 Å². The molecule has 0 bridgehead atoms. The number of hydrogen-bond acceptors (Lipinski definition) is 1. The maximum Gasteiger partial charge on any atom is 0.0912 e. The van der Waals surface area contributed by atoms with Crippen LogP contribution in [0.4, 0.5) is 4.39 Å². The molecular formula is C9H11Cl3FN. The Morgan fingerprint density at radius 2 is 2.00 bits per heavy atom. The van der Waals surface area contributed by atoms with Crippen molar-refractivity contribution < 1.29 is 4.39 Å². The average Bonchev–Trinajstić information content (AvgIpc) is 2.10. The normalized spacial score (nSPS) is 12.0. The second-order valence-corrected chi connectivity index (χ2v) is 3.51. The van der Waals surface area contributed by atoms with Gasteiger partial charge in [-0.2, -0.15) is 0 Å². The average molecular weight is 259 g/mol. The first-order valence-corrected chi connectivity index (χ1v) is 4.68. The minimum absolute atomic E-state index is 0. The van der Waals surface area contributed by atoms with Crippen LogP contribution in [0.15, 0.2) is 18.2 Å². The molecular weight excluding hydrogens is 247 g/mol. The first-order valence-electron chi connectivity index (χ1n) is 3.92. The minimum Gasteiger partial charge on any atom is -0.324 e. The molecule has 0 aliphatic heterocycles. The molecule has 0 fully saturated rings. The van der Waals surface area contributed by atoms with Gasteiger partial charge in [-0.05, 0) is 18.1 Å². The highest BCUT2D eigenvalue weighted by Gasteiger charge is 2.11. The molecule has 1 rings (SSSR count). The Kier molecular flexibility index (Phi) is 6.45. The lowest BCUT2D eigenvalue weighted by Gasteiger charge is -2.12. The van der Waals surface area contributed by atoms with Crippen molar-refractivity contribution in [3.8, 4) is 0 Å². The number of halogens is 4. The van der Waals surface area contributed by atoms with Gasteiger partial charge in [0.1, 0.15) is 0 Å². The molecule has 1 aromatic rings. The lowest BCUT2D eigenvalue weighted by Crippen LogP contribution is -2.11. The molecule has 0 spiro atoms. The van der Waals surface area contributed by atoms with Gasteiger partial charge in [0.25, 0.3) is 0 Å². The Morgan fingerprint density at radius 3 is 2.57 bits per heavy atom. The molecule has 14 heavy (non-hydrogen) atoms. The van der Waals surface area contributed by atoms with Gasteiger partial charge in [-0.15, -0.1) is 12.4 Å². The van der Waals surface area contributed by atoms with Gasteiger partial charge < -0.3 is 5.73 Å². The van der Waals surface area contributed by atoms with E-state index in [2.05, 4.69) is 0 Å². The van der Waals surface area contributed by atoms with Crippen molar-refractivity contribution in [3.05, 3.63) is 33.8 Å². The third-order valence-electron chi connectivity index (χ3n) is 1.80. The van der Waals surface area contributed by atoms with E-state index in [9.17, 15) is 4.39 Å². The van der Waals surface area contributed by atoms with Crippen LogP contribution in [0.25, 0.3) is 0 Å². The Hall–Kier alpha value is -0.0200. The Morgan fingerprint density at radius 1 is 1.36 bits per heavy atom. The third kappa shape index (κ3) is 3.28. The molecule has 0 radical (unpaired) electrons. The van der Waals surface area contributed by atoms with E-state index in [4.69, 9.17) is 28.9 Å². The van der Waals surface area contributed by atoms with Crippen molar-refractivity contribution in [3.63, 3.8) is 0 Å². The molecule has 0 aliphatic carbocycles. The molecule has 0 saturated heterocycles. The summed E-state index contributed by atoms with van der Waals surface area (Å²) in [5.74, 6) is 0. The van der Waals surface area contributed by atoms with Gasteiger partial charge in [0, 0.05) is 6.04 Å². The molecule has 0 amide bonds. The highest BCUT2D eigenvalue weighted by Crippen LogP contribution is 2.29. The summed E-state index contributed by atoms with van der Waals surface area (Å²) in [6, 6.07) is 4.81. The molecule has 2 N–H and O–H groups in total. The smallest absolute Gasteiger partial charge is 0.0912 e. The van der Waals surface area contributed by atoms with Crippen LogP contribution in [0, 0.1) is 0 Å². The molecule has 0 unspecified atom stereocenters. The lowest BCUT2D eigenvalue weighted by molar-refractivity contribution is 0.442. The van der Waals surface area contributed by atoms with Crippen LogP contribution < -0.4 is 5.73 Å². The summed E-state index contributed by atoms with van der Waals surface area (Å²) in [4.78, 5) is 0. The van der Waals surface area contributed by atoms with Crippen molar-refractivity contribution in [2.75, 3.05) is 6.67 Å². The van der Waals surface area contributed by atoms with E-state index in [0.717, 1.165) is 0 Å². The maximum atomic E-state index is 12.0. The van der Waals surface area contributed by atoms with Crippen molar-refractivity contribution >= 4 is 35.6 Å². The Labute approximate surface area is 98.8 Å². The number of alkyl halides is 1. The predicted molar refractivity (Wildman–Crippen MR) is 61.2 cm³/mol. The van der Waals surface area contributed by atoms with Gasteiger partial charge in [0.15, 0.2) is 0 Å². The highest BCUT2D eigenvalue weighted by molar-refractivity contribution is 6.42. The zero-order valence-electron chi connectivity index (χ0n) is 7.34. The second kappa shape index (κ2) is 6.46. The molecule has 1 aromatic carbocycles. The first-order chi connectivity index (χ1) is 6.16. The van der Waals surface area contributed by atoms with Gasteiger partial charge in [0.05, 0.1) is 16.7 Å². The number of rotatable bonds is 3. The quantitative estimate of drug-likeness (QED) is 0.877. The fourth-order valence-electron chi connectivity index (χ4n) is 1.08. The van der Waals surface area contributed by atoms with E-state index in [-0.39, 0.29) is 24.9 Å². The van der Waals surface area contributed by atoms with E-state index in [1.165, 1.54) is 0 Å². The summed E-state index contributed by atoms with van der Waals surface area (Å²) in [6.07, 6.45) is 0.264. The summed E-state index contributed by atoms with van der Waals surface area (Å²) >= 11 is 11.7. The van der Waals surface area contributed by atoms with E-state index < -0.39 is 6.67 Å². The van der Waals surface area contributed by atoms with Crippen LogP contribution in [0.2, 0.25) is 10.0 Å². The van der Waals surface area contributed by atoms with Crippen molar-refractivity contribution in [2.45, 2.75) is 12.5 Å². The van der Waals surface area contributed by atoms with Gasteiger partial charge in [-0.1, -0.05) is 35.3 Å². The van der Waals surface area contributed by atoms with Crippen LogP contribution in [0.5, 0.6) is 0 Å². The molecule has 80 valence electrons. The monoisotopic (exact) mass is 257 g/mol. The molecule has 0 aromatic heterocycles. The number of benzene rings is 1. The van der Waals surface area contributed by atoms with E-state index >= 15 is 0 Å². The first kappa shape index (κ1) is 14.0. The Balaban J connectivity index is 0.00000169. The fourth-order valence-corrected chi connectivity index (χ4v) is 1.53. The molecule has 1 atom stereocenters. The molecule has 0 saturated carbocycles. The summed E-state index contributed by atoms with van der Waals surface area (Å²) in [6.45, 7) is -0.454. The maximum absolute atomic E-state index is 12.0. The minimum atomic E-state index is -0.454. The zero-order valence-corrected chi connectivity index (χ0v) is 9.67. The number of hydrogen-bond donors (Lipinski definition) is 1. The van der Waals surface area contributed by atoms with E-state index in [0.29, 0.717) is 15.6 Å². The summed E-state index contributed by atoms with van der Waals surface area (Å²) in [5, 5.41) is 0.874. The molecule has 0 heterocycles. The second-order valence-electron chi connectivity index (χ2n) is 2.73. The van der Waals surface area contributed by atoms with E-state index in [1.54, 1.807) is 18.2 Å². The third-order valence-corrected chi connectivity index (χ3v) is 2.63. The van der Waals surface area contributed by atoms with Crippen LogP contribution in [0.3, 0.4) is 0 Å². The zero-order chi connectivity index (χ0) is 9.84. The van der Waals surface area contributed by atoms with Gasteiger partial charge in [0.2, 0.25) is 0 Å². The SMILES string of the molecule is Cl.N[C@@H](CCF)c1cccc(Cl)c1Cl. The summed E-state index contributed by atoms with van der Waals surface area (Å²) in [7, 11) is 0. The number of nitrogens with two attached hydrogens (primary N) is 1. The Bertz CT molecular complexity index is 293. The van der Waals surface area contributed by atoms with Crippen molar-refractivity contribution in [1.29, 1.82) is 0 Å². The largest absolute Gasteiger partial charge is 0.324 e. The van der Waals surface area contributed by atoms with Crippen LogP contribution >= 0.6 is 35.6 Å². The molecule has 0 aliphatic rings. The van der Waals surface area contributed by atoms with Crippen LogP contribution in [-0.2, 0) is 0 Å². The van der Waals surface area contributed by atoms with E-state index in [1.807, 2.05) is 0 Å². The van der Waals surface area contributed by atoms with Crippen molar-refractivity contribution in [2.24, 2.45) is 5.73 Å². The predicted octanol–water partition coefficient (Wildman–Crippen LogP) is 3.77. The fraction of sp³-hybridized carbons (Fsp3) is 0.333. The van der Waals surface area contributed by atoms with Crippen LogP contribution in [0.1, 0.15) is 18.0 Å².